The highest BCUT2D eigenvalue weighted by atomic mass is 19.4. The van der Waals surface area contributed by atoms with Crippen molar-refractivity contribution in [2.75, 3.05) is 12.4 Å². The first-order chi connectivity index (χ1) is 9.18. The van der Waals surface area contributed by atoms with Crippen molar-refractivity contribution in [3.63, 3.8) is 0 Å². The summed E-state index contributed by atoms with van der Waals surface area (Å²) in [6.07, 6.45) is -5.74. The van der Waals surface area contributed by atoms with Gasteiger partial charge in [0.2, 0.25) is 5.82 Å². The van der Waals surface area contributed by atoms with Gasteiger partial charge < -0.3 is 5.32 Å². The van der Waals surface area contributed by atoms with Crippen LogP contribution in [0.5, 0.6) is 0 Å². The summed E-state index contributed by atoms with van der Waals surface area (Å²) in [5.41, 5.74) is 0.548. The van der Waals surface area contributed by atoms with Crippen LogP contribution in [0.4, 0.5) is 27.8 Å². The summed E-state index contributed by atoms with van der Waals surface area (Å²) in [7, 11) is 1.39. The van der Waals surface area contributed by atoms with E-state index in [1.54, 1.807) is 25.1 Å². The van der Waals surface area contributed by atoms with E-state index in [1.165, 1.54) is 7.05 Å². The van der Waals surface area contributed by atoms with Gasteiger partial charge in [0.05, 0.1) is 5.52 Å². The molecule has 0 unspecified atom stereocenters. The molecule has 3 nitrogen and oxygen atoms in total. The highest BCUT2D eigenvalue weighted by Gasteiger charge is 2.61. The molecule has 1 aromatic heterocycles. The Kier molecular flexibility index (Phi) is 3.27. The maximum absolute atomic E-state index is 13.4. The van der Waals surface area contributed by atoms with Crippen LogP contribution >= 0.6 is 0 Å². The first-order valence-corrected chi connectivity index (χ1v) is 5.58. The highest BCUT2D eigenvalue weighted by Crippen LogP contribution is 2.43. The summed E-state index contributed by atoms with van der Waals surface area (Å²) in [6, 6.07) is 4.76. The first-order valence-electron chi connectivity index (χ1n) is 5.58. The third-order valence-electron chi connectivity index (χ3n) is 2.80. The van der Waals surface area contributed by atoms with Crippen LogP contribution in [0.1, 0.15) is 11.4 Å². The number of nitrogens with zero attached hydrogens (tertiary/aromatic N) is 2. The van der Waals surface area contributed by atoms with Gasteiger partial charge in [-0.15, -0.1) is 0 Å². The molecule has 0 aliphatic carbocycles. The lowest BCUT2D eigenvalue weighted by molar-refractivity contribution is -0.292. The van der Waals surface area contributed by atoms with E-state index in [4.69, 9.17) is 0 Å². The molecule has 0 aliphatic heterocycles. The lowest BCUT2D eigenvalue weighted by Crippen LogP contribution is -2.35. The van der Waals surface area contributed by atoms with E-state index >= 15 is 0 Å². The number of aryl methyl sites for hydroxylation is 1. The molecule has 0 bridgehead atoms. The summed E-state index contributed by atoms with van der Waals surface area (Å²) >= 11 is 0. The molecule has 8 heteroatoms. The fourth-order valence-corrected chi connectivity index (χ4v) is 1.75. The Bertz CT molecular complexity index is 651. The number of alkyl halides is 5. The number of benzene rings is 1. The fourth-order valence-electron chi connectivity index (χ4n) is 1.75. The molecule has 0 saturated heterocycles. The van der Waals surface area contributed by atoms with Crippen molar-refractivity contribution < 1.29 is 22.0 Å². The van der Waals surface area contributed by atoms with Crippen LogP contribution in [0.25, 0.3) is 10.9 Å². The first kappa shape index (κ1) is 14.4. The van der Waals surface area contributed by atoms with E-state index in [0.29, 0.717) is 10.9 Å². The molecule has 0 atom stereocenters. The van der Waals surface area contributed by atoms with E-state index in [-0.39, 0.29) is 11.3 Å². The van der Waals surface area contributed by atoms with E-state index < -0.39 is 17.9 Å². The van der Waals surface area contributed by atoms with Crippen LogP contribution in [0.15, 0.2) is 18.2 Å². The highest BCUT2D eigenvalue weighted by molar-refractivity contribution is 5.91. The third kappa shape index (κ3) is 2.14. The maximum atomic E-state index is 13.4. The van der Waals surface area contributed by atoms with Crippen molar-refractivity contribution in [2.24, 2.45) is 0 Å². The quantitative estimate of drug-likeness (QED) is 0.858. The molecule has 20 heavy (non-hydrogen) atoms. The van der Waals surface area contributed by atoms with Crippen molar-refractivity contribution in [1.82, 2.24) is 9.97 Å². The molecule has 1 heterocycles. The van der Waals surface area contributed by atoms with Gasteiger partial charge in [-0.2, -0.15) is 22.0 Å². The van der Waals surface area contributed by atoms with Crippen molar-refractivity contribution >= 4 is 16.7 Å². The Morgan fingerprint density at radius 3 is 2.25 bits per heavy atom. The smallest absolute Gasteiger partial charge is 0.373 e. The minimum atomic E-state index is -5.74. The Balaban J connectivity index is 2.77. The molecular formula is C12H10F5N3. The SMILES string of the molecule is CNc1nc(C(F)(F)C(F)(F)F)nc2c(C)cccc12. The molecule has 0 spiro atoms. The summed E-state index contributed by atoms with van der Waals surface area (Å²) < 4.78 is 63.9. The minimum absolute atomic E-state index is 0.0609. The number of nitrogens with one attached hydrogen (secondary N) is 1. The second-order valence-corrected chi connectivity index (χ2v) is 4.19. The summed E-state index contributed by atoms with van der Waals surface area (Å²) in [4.78, 5) is 6.71. The molecule has 0 amide bonds. The third-order valence-corrected chi connectivity index (χ3v) is 2.80. The summed E-state index contributed by atoms with van der Waals surface area (Å²) in [5, 5.41) is 2.89. The van der Waals surface area contributed by atoms with Gasteiger partial charge in [0.15, 0.2) is 0 Å². The van der Waals surface area contributed by atoms with Gasteiger partial charge in [-0.1, -0.05) is 12.1 Å². The van der Waals surface area contributed by atoms with Gasteiger partial charge in [-0.05, 0) is 18.6 Å². The lowest BCUT2D eigenvalue weighted by Gasteiger charge is -2.19. The van der Waals surface area contributed by atoms with E-state index in [2.05, 4.69) is 15.3 Å². The number of hydrogen-bond acceptors (Lipinski definition) is 3. The normalized spacial score (nSPS) is 12.8. The van der Waals surface area contributed by atoms with Gasteiger partial charge in [0.25, 0.3) is 0 Å². The predicted molar refractivity (Wildman–Crippen MR) is 63.8 cm³/mol. The number of anilines is 1. The zero-order chi connectivity index (χ0) is 15.1. The van der Waals surface area contributed by atoms with Gasteiger partial charge >= 0.3 is 12.1 Å². The summed E-state index contributed by atoms with van der Waals surface area (Å²) in [5.74, 6) is -6.73. The van der Waals surface area contributed by atoms with E-state index in [0.717, 1.165) is 0 Å². The number of hydrogen-bond donors (Lipinski definition) is 1. The lowest BCUT2D eigenvalue weighted by atomic mass is 10.1. The van der Waals surface area contributed by atoms with Crippen LogP contribution in [0.2, 0.25) is 0 Å². The zero-order valence-corrected chi connectivity index (χ0v) is 10.5. The topological polar surface area (TPSA) is 37.8 Å². The molecule has 0 saturated carbocycles. The van der Waals surface area contributed by atoms with Gasteiger partial charge in [0, 0.05) is 12.4 Å². The molecule has 0 aliphatic rings. The van der Waals surface area contributed by atoms with Gasteiger partial charge in [-0.3, -0.25) is 0 Å². The number of halogens is 5. The second kappa shape index (κ2) is 4.53. The predicted octanol–water partition coefficient (Wildman–Crippen LogP) is 3.63. The standard InChI is InChI=1S/C12H10F5N3/c1-6-4-3-5-7-8(6)19-10(20-9(7)18-2)11(13,14)12(15,16)17/h3-5H,1-2H3,(H,18,19,20). The fraction of sp³-hybridized carbons (Fsp3) is 0.333. The van der Waals surface area contributed by atoms with Crippen LogP contribution in [0, 0.1) is 6.92 Å². The molecule has 2 aromatic rings. The van der Waals surface area contributed by atoms with Crippen molar-refractivity contribution in [2.45, 2.75) is 19.0 Å². The average Bonchev–Trinajstić information content (AvgIpc) is 2.36. The van der Waals surface area contributed by atoms with Crippen molar-refractivity contribution in [3.8, 4) is 0 Å². The minimum Gasteiger partial charge on any atom is -0.373 e. The van der Waals surface area contributed by atoms with Crippen molar-refractivity contribution in [3.05, 3.63) is 29.6 Å². The Hall–Kier alpha value is -1.99. The van der Waals surface area contributed by atoms with Crippen molar-refractivity contribution in [1.29, 1.82) is 0 Å². The van der Waals surface area contributed by atoms with Gasteiger partial charge in [0.1, 0.15) is 5.82 Å². The van der Waals surface area contributed by atoms with E-state index in [9.17, 15) is 22.0 Å². The monoisotopic (exact) mass is 291 g/mol. The van der Waals surface area contributed by atoms with E-state index in [1.807, 2.05) is 0 Å². The second-order valence-electron chi connectivity index (χ2n) is 4.19. The van der Waals surface area contributed by atoms with Crippen LogP contribution in [0.3, 0.4) is 0 Å². The van der Waals surface area contributed by atoms with Crippen LogP contribution in [-0.2, 0) is 5.92 Å². The van der Waals surface area contributed by atoms with Gasteiger partial charge in [-0.25, -0.2) is 9.97 Å². The van der Waals surface area contributed by atoms with Crippen LogP contribution < -0.4 is 5.32 Å². The molecule has 108 valence electrons. The molecule has 0 fully saturated rings. The molecule has 2 rings (SSSR count). The molecule has 1 aromatic carbocycles. The zero-order valence-electron chi connectivity index (χ0n) is 10.5. The maximum Gasteiger partial charge on any atom is 0.461 e. The summed E-state index contributed by atoms with van der Waals surface area (Å²) in [6.45, 7) is 1.57. The number of rotatable bonds is 2. The Morgan fingerprint density at radius 2 is 1.70 bits per heavy atom. The van der Waals surface area contributed by atoms with Crippen LogP contribution in [-0.4, -0.2) is 23.2 Å². The molecule has 1 N–H and O–H groups in total. The molecular weight excluding hydrogens is 281 g/mol. The Morgan fingerprint density at radius 1 is 1.05 bits per heavy atom. The average molecular weight is 291 g/mol. The number of fused-ring (bicyclic) bond motifs is 1. The largest absolute Gasteiger partial charge is 0.461 e. The molecule has 0 radical (unpaired) electrons. The number of aromatic nitrogens is 2. The number of para-hydroxylation sites is 1. The Labute approximate surface area is 110 Å².